The Morgan fingerprint density at radius 1 is 1.36 bits per heavy atom. The molecule has 0 saturated heterocycles. The highest BCUT2D eigenvalue weighted by Crippen LogP contribution is 2.11. The average molecular weight is 198 g/mol. The van der Waals surface area contributed by atoms with Gasteiger partial charge >= 0.3 is 5.97 Å². The van der Waals surface area contributed by atoms with Gasteiger partial charge in [-0.25, -0.2) is 13.6 Å². The summed E-state index contributed by atoms with van der Waals surface area (Å²) in [4.78, 5) is 10.4. The highest BCUT2D eigenvalue weighted by molar-refractivity contribution is 5.91. The summed E-state index contributed by atoms with van der Waals surface area (Å²) in [5.41, 5.74) is 0.389. The molecule has 4 heteroatoms. The highest BCUT2D eigenvalue weighted by atomic mass is 19.2. The standard InChI is InChI=1S/C10H8F2O2/c1-6(10(13)14)4-7-2-3-8(11)9(12)5-7/h2-5H,1H3,(H,13,14)/b6-4-. The van der Waals surface area contributed by atoms with E-state index >= 15 is 0 Å². The van der Waals surface area contributed by atoms with Crippen molar-refractivity contribution in [3.63, 3.8) is 0 Å². The number of hydrogen-bond acceptors (Lipinski definition) is 1. The van der Waals surface area contributed by atoms with E-state index in [1.54, 1.807) is 0 Å². The van der Waals surface area contributed by atoms with Gasteiger partial charge in [0.05, 0.1) is 0 Å². The molecule has 0 amide bonds. The molecule has 1 aromatic carbocycles. The van der Waals surface area contributed by atoms with Gasteiger partial charge in [0.2, 0.25) is 0 Å². The predicted molar refractivity (Wildman–Crippen MR) is 47.6 cm³/mol. The van der Waals surface area contributed by atoms with Crippen LogP contribution < -0.4 is 0 Å². The van der Waals surface area contributed by atoms with Crippen LogP contribution in [-0.2, 0) is 4.79 Å². The first-order valence-corrected chi connectivity index (χ1v) is 3.87. The first-order valence-electron chi connectivity index (χ1n) is 3.87. The minimum atomic E-state index is -1.09. The molecule has 0 spiro atoms. The highest BCUT2D eigenvalue weighted by Gasteiger charge is 2.03. The van der Waals surface area contributed by atoms with Crippen LogP contribution in [0.25, 0.3) is 6.08 Å². The number of aliphatic carboxylic acids is 1. The summed E-state index contributed by atoms with van der Waals surface area (Å²) in [6, 6.07) is 3.21. The minimum absolute atomic E-state index is 0.0657. The van der Waals surface area contributed by atoms with Crippen LogP contribution in [0.1, 0.15) is 12.5 Å². The zero-order valence-corrected chi connectivity index (χ0v) is 7.42. The van der Waals surface area contributed by atoms with E-state index in [1.165, 1.54) is 19.1 Å². The Kier molecular flexibility index (Phi) is 2.96. The summed E-state index contributed by atoms with van der Waals surface area (Å²) in [7, 11) is 0. The average Bonchev–Trinajstić information content (AvgIpc) is 2.11. The summed E-state index contributed by atoms with van der Waals surface area (Å²) in [6.45, 7) is 1.38. The Labute approximate surface area is 79.5 Å². The van der Waals surface area contributed by atoms with E-state index in [1.807, 2.05) is 0 Å². The number of halogens is 2. The van der Waals surface area contributed by atoms with Gasteiger partial charge in [-0.05, 0) is 30.7 Å². The van der Waals surface area contributed by atoms with Gasteiger partial charge in [0.15, 0.2) is 11.6 Å². The van der Waals surface area contributed by atoms with E-state index in [-0.39, 0.29) is 5.57 Å². The third kappa shape index (κ3) is 2.39. The fraction of sp³-hybridized carbons (Fsp3) is 0.100. The predicted octanol–water partition coefficient (Wildman–Crippen LogP) is 2.45. The number of carbonyl (C=O) groups is 1. The SMILES string of the molecule is C/C(=C/c1ccc(F)c(F)c1)C(=O)O. The molecule has 0 aliphatic rings. The Morgan fingerprint density at radius 2 is 2.00 bits per heavy atom. The lowest BCUT2D eigenvalue weighted by molar-refractivity contribution is -0.132. The molecule has 0 radical (unpaired) electrons. The third-order valence-corrected chi connectivity index (χ3v) is 1.66. The summed E-state index contributed by atoms with van der Waals surface area (Å²) in [5.74, 6) is -3.03. The molecule has 0 aliphatic carbocycles. The second-order valence-corrected chi connectivity index (χ2v) is 2.81. The normalized spacial score (nSPS) is 11.5. The van der Waals surface area contributed by atoms with Gasteiger partial charge in [-0.3, -0.25) is 0 Å². The molecule has 1 rings (SSSR count). The van der Waals surface area contributed by atoms with E-state index in [2.05, 4.69) is 0 Å². The molecule has 0 fully saturated rings. The van der Waals surface area contributed by atoms with Crippen molar-refractivity contribution in [2.24, 2.45) is 0 Å². The molecule has 0 bridgehead atoms. The second-order valence-electron chi connectivity index (χ2n) is 2.81. The molecule has 0 aliphatic heterocycles. The van der Waals surface area contributed by atoms with Crippen LogP contribution in [0.2, 0.25) is 0 Å². The van der Waals surface area contributed by atoms with Crippen molar-refractivity contribution in [1.29, 1.82) is 0 Å². The van der Waals surface area contributed by atoms with Crippen molar-refractivity contribution in [3.8, 4) is 0 Å². The van der Waals surface area contributed by atoms with Gasteiger partial charge in [-0.1, -0.05) is 6.07 Å². The van der Waals surface area contributed by atoms with Crippen LogP contribution in [-0.4, -0.2) is 11.1 Å². The maximum atomic E-state index is 12.7. The van der Waals surface area contributed by atoms with Gasteiger partial charge in [-0.2, -0.15) is 0 Å². The molecule has 1 aromatic rings. The Balaban J connectivity index is 3.04. The molecule has 0 heterocycles. The second kappa shape index (κ2) is 4.00. The van der Waals surface area contributed by atoms with E-state index in [4.69, 9.17) is 5.11 Å². The smallest absolute Gasteiger partial charge is 0.331 e. The van der Waals surface area contributed by atoms with Crippen LogP contribution in [0.5, 0.6) is 0 Å². The van der Waals surface area contributed by atoms with Crippen LogP contribution in [0.15, 0.2) is 23.8 Å². The van der Waals surface area contributed by atoms with E-state index in [0.29, 0.717) is 5.56 Å². The molecular weight excluding hydrogens is 190 g/mol. The number of benzene rings is 1. The number of carboxylic acid groups (broad SMARTS) is 1. The zero-order chi connectivity index (χ0) is 10.7. The van der Waals surface area contributed by atoms with Crippen molar-refractivity contribution in [2.45, 2.75) is 6.92 Å². The number of rotatable bonds is 2. The Bertz CT molecular complexity index is 397. The van der Waals surface area contributed by atoms with Gasteiger partial charge in [-0.15, -0.1) is 0 Å². The summed E-state index contributed by atoms with van der Waals surface area (Å²) >= 11 is 0. The van der Waals surface area contributed by atoms with E-state index in [0.717, 1.165) is 12.1 Å². The van der Waals surface area contributed by atoms with Gasteiger partial charge in [0.25, 0.3) is 0 Å². The molecule has 1 N–H and O–H groups in total. The lowest BCUT2D eigenvalue weighted by Crippen LogP contribution is -1.95. The van der Waals surface area contributed by atoms with Gasteiger partial charge in [0.1, 0.15) is 0 Å². The Hall–Kier alpha value is -1.71. The monoisotopic (exact) mass is 198 g/mol. The quantitative estimate of drug-likeness (QED) is 0.741. The van der Waals surface area contributed by atoms with E-state index in [9.17, 15) is 13.6 Å². The lowest BCUT2D eigenvalue weighted by Gasteiger charge is -1.97. The van der Waals surface area contributed by atoms with Crippen molar-refractivity contribution in [3.05, 3.63) is 41.0 Å². The fourth-order valence-electron chi connectivity index (χ4n) is 0.914. The van der Waals surface area contributed by atoms with Crippen LogP contribution in [0, 0.1) is 11.6 Å². The molecule has 2 nitrogen and oxygen atoms in total. The Morgan fingerprint density at radius 3 is 2.50 bits per heavy atom. The fourth-order valence-corrected chi connectivity index (χ4v) is 0.914. The lowest BCUT2D eigenvalue weighted by atomic mass is 10.1. The van der Waals surface area contributed by atoms with Gasteiger partial charge < -0.3 is 5.11 Å². The first-order chi connectivity index (χ1) is 6.50. The van der Waals surface area contributed by atoms with Crippen LogP contribution >= 0.6 is 0 Å². The van der Waals surface area contributed by atoms with E-state index < -0.39 is 17.6 Å². The number of hydrogen-bond donors (Lipinski definition) is 1. The topological polar surface area (TPSA) is 37.3 Å². The van der Waals surface area contributed by atoms with Crippen molar-refractivity contribution in [2.75, 3.05) is 0 Å². The molecule has 0 saturated carbocycles. The molecular formula is C10H8F2O2. The van der Waals surface area contributed by atoms with Gasteiger partial charge in [0, 0.05) is 5.57 Å². The van der Waals surface area contributed by atoms with Crippen LogP contribution in [0.3, 0.4) is 0 Å². The third-order valence-electron chi connectivity index (χ3n) is 1.66. The van der Waals surface area contributed by atoms with Crippen molar-refractivity contribution < 1.29 is 18.7 Å². The van der Waals surface area contributed by atoms with Crippen molar-refractivity contribution in [1.82, 2.24) is 0 Å². The summed E-state index contributed by atoms with van der Waals surface area (Å²) < 4.78 is 25.2. The molecule has 0 unspecified atom stereocenters. The summed E-state index contributed by atoms with van der Waals surface area (Å²) in [6.07, 6.45) is 1.27. The largest absolute Gasteiger partial charge is 0.478 e. The maximum Gasteiger partial charge on any atom is 0.331 e. The minimum Gasteiger partial charge on any atom is -0.478 e. The molecule has 74 valence electrons. The maximum absolute atomic E-state index is 12.7. The molecule has 0 atom stereocenters. The summed E-state index contributed by atoms with van der Waals surface area (Å²) in [5, 5.41) is 8.53. The zero-order valence-electron chi connectivity index (χ0n) is 7.42. The number of carboxylic acids is 1. The molecule has 14 heavy (non-hydrogen) atoms. The van der Waals surface area contributed by atoms with Crippen LogP contribution in [0.4, 0.5) is 8.78 Å². The van der Waals surface area contributed by atoms with Crippen molar-refractivity contribution >= 4 is 12.0 Å². The molecule has 0 aromatic heterocycles. The first kappa shape index (κ1) is 10.4.